The van der Waals surface area contributed by atoms with Gasteiger partial charge < -0.3 is 33.3 Å². The first-order valence-corrected chi connectivity index (χ1v) is 11.9. The van der Waals surface area contributed by atoms with Crippen LogP contribution in [0.2, 0.25) is 0 Å². The molecule has 0 saturated carbocycles. The fraction of sp³-hybridized carbons (Fsp3) is 0.444. The monoisotopic (exact) mass is 485 g/mol. The number of rotatable bonds is 11. The maximum atomic E-state index is 13.4. The van der Waals surface area contributed by atoms with E-state index in [1.165, 1.54) is 0 Å². The largest absolute Gasteiger partial charge is 0.496 e. The normalized spacial score (nSPS) is 13.1. The van der Waals surface area contributed by atoms with Gasteiger partial charge >= 0.3 is 0 Å². The van der Waals surface area contributed by atoms with Crippen molar-refractivity contribution in [3.05, 3.63) is 41.5 Å². The molecule has 2 aromatic rings. The Kier molecular flexibility index (Phi) is 9.11. The summed E-state index contributed by atoms with van der Waals surface area (Å²) in [7, 11) is 4.84. The molecule has 0 aliphatic carbocycles. The van der Waals surface area contributed by atoms with E-state index in [0.29, 0.717) is 79.4 Å². The zero-order valence-corrected chi connectivity index (χ0v) is 21.4. The first kappa shape index (κ1) is 26.1. The molecule has 1 amide bonds. The molecule has 1 aliphatic rings. The van der Waals surface area contributed by atoms with Gasteiger partial charge in [0.25, 0.3) is 5.91 Å². The molecule has 0 radical (unpaired) electrons. The molecular formula is C27H35NO7. The van der Waals surface area contributed by atoms with Crippen molar-refractivity contribution in [2.45, 2.75) is 27.2 Å². The molecule has 0 atom stereocenters. The highest BCUT2D eigenvalue weighted by Gasteiger charge is 2.26. The van der Waals surface area contributed by atoms with Crippen LogP contribution >= 0.6 is 0 Å². The third-order valence-corrected chi connectivity index (χ3v) is 5.69. The van der Waals surface area contributed by atoms with E-state index >= 15 is 0 Å². The number of hydrogen-bond donors (Lipinski definition) is 0. The number of carbonyl (C=O) groups is 1. The SMILES string of the molecule is CCOc1cc(C(=O)N2CC=C(c3c(OC)cc(OC)cc3OC)CC2)cc(OCC)c1OCC. The van der Waals surface area contributed by atoms with Crippen molar-refractivity contribution in [1.82, 2.24) is 4.90 Å². The molecule has 0 aromatic heterocycles. The van der Waals surface area contributed by atoms with Gasteiger partial charge in [0.1, 0.15) is 17.2 Å². The molecule has 0 bridgehead atoms. The summed E-state index contributed by atoms with van der Waals surface area (Å²) >= 11 is 0. The van der Waals surface area contributed by atoms with Gasteiger partial charge in [-0.2, -0.15) is 0 Å². The summed E-state index contributed by atoms with van der Waals surface area (Å²) in [5, 5.41) is 0. The topological polar surface area (TPSA) is 75.7 Å². The van der Waals surface area contributed by atoms with Crippen LogP contribution in [0, 0.1) is 0 Å². The molecule has 1 heterocycles. The van der Waals surface area contributed by atoms with Crippen LogP contribution in [0.3, 0.4) is 0 Å². The molecule has 8 nitrogen and oxygen atoms in total. The van der Waals surface area contributed by atoms with E-state index in [1.54, 1.807) is 38.4 Å². The first-order chi connectivity index (χ1) is 17.0. The van der Waals surface area contributed by atoms with Crippen LogP contribution < -0.4 is 28.4 Å². The molecule has 1 aliphatic heterocycles. The van der Waals surface area contributed by atoms with Crippen molar-refractivity contribution in [2.75, 3.05) is 54.2 Å². The second kappa shape index (κ2) is 12.2. The van der Waals surface area contributed by atoms with E-state index in [4.69, 9.17) is 28.4 Å². The Morgan fingerprint density at radius 1 is 0.800 bits per heavy atom. The minimum atomic E-state index is -0.0982. The van der Waals surface area contributed by atoms with E-state index in [2.05, 4.69) is 0 Å². The molecule has 35 heavy (non-hydrogen) atoms. The molecule has 2 aromatic carbocycles. The van der Waals surface area contributed by atoms with E-state index in [1.807, 2.05) is 39.0 Å². The summed E-state index contributed by atoms with van der Waals surface area (Å²) < 4.78 is 33.9. The van der Waals surface area contributed by atoms with Crippen molar-refractivity contribution in [2.24, 2.45) is 0 Å². The van der Waals surface area contributed by atoms with Crippen LogP contribution in [0.25, 0.3) is 5.57 Å². The van der Waals surface area contributed by atoms with Gasteiger partial charge in [0, 0.05) is 30.8 Å². The van der Waals surface area contributed by atoms with Gasteiger partial charge in [-0.05, 0) is 44.9 Å². The smallest absolute Gasteiger partial charge is 0.254 e. The van der Waals surface area contributed by atoms with Crippen LogP contribution in [0.5, 0.6) is 34.5 Å². The standard InChI is InChI=1S/C27H35NO7/c1-7-33-23-14-19(15-24(34-8-2)26(23)35-9-3)27(29)28-12-10-18(11-13-28)25-21(31-5)16-20(30-4)17-22(25)32-6/h10,14-17H,7-9,11-13H2,1-6H3. The number of benzene rings is 2. The molecule has 0 N–H and O–H groups in total. The fourth-order valence-corrected chi connectivity index (χ4v) is 4.10. The minimum absolute atomic E-state index is 0.0982. The van der Waals surface area contributed by atoms with Gasteiger partial charge in [0.15, 0.2) is 11.5 Å². The number of ether oxygens (including phenoxy) is 6. The molecule has 8 heteroatoms. The number of amides is 1. The lowest BCUT2D eigenvalue weighted by molar-refractivity contribution is 0.0771. The van der Waals surface area contributed by atoms with Crippen LogP contribution in [0.15, 0.2) is 30.3 Å². The summed E-state index contributed by atoms with van der Waals surface area (Å²) in [6.07, 6.45) is 2.69. The fourth-order valence-electron chi connectivity index (χ4n) is 4.10. The molecule has 0 fully saturated rings. The Hall–Kier alpha value is -3.55. The average molecular weight is 486 g/mol. The second-order valence-electron chi connectivity index (χ2n) is 7.74. The van der Waals surface area contributed by atoms with E-state index in [-0.39, 0.29) is 5.91 Å². The quantitative estimate of drug-likeness (QED) is 0.451. The molecule has 190 valence electrons. The maximum Gasteiger partial charge on any atom is 0.254 e. The van der Waals surface area contributed by atoms with Crippen LogP contribution in [-0.2, 0) is 0 Å². The lowest BCUT2D eigenvalue weighted by Crippen LogP contribution is -2.34. The van der Waals surface area contributed by atoms with E-state index in [9.17, 15) is 4.79 Å². The third kappa shape index (κ3) is 5.75. The Morgan fingerprint density at radius 3 is 1.80 bits per heavy atom. The zero-order chi connectivity index (χ0) is 25.4. The van der Waals surface area contributed by atoms with E-state index in [0.717, 1.165) is 11.1 Å². The summed E-state index contributed by atoms with van der Waals surface area (Å²) in [5.74, 6) is 3.42. The van der Waals surface area contributed by atoms with Gasteiger partial charge in [0.2, 0.25) is 5.75 Å². The highest BCUT2D eigenvalue weighted by Crippen LogP contribution is 2.42. The van der Waals surface area contributed by atoms with Gasteiger partial charge in [-0.15, -0.1) is 0 Å². The highest BCUT2D eigenvalue weighted by molar-refractivity contribution is 5.96. The van der Waals surface area contributed by atoms with Crippen LogP contribution in [-0.4, -0.2) is 65.0 Å². The molecular weight excluding hydrogens is 450 g/mol. The van der Waals surface area contributed by atoms with Gasteiger partial charge in [-0.1, -0.05) is 6.08 Å². The maximum absolute atomic E-state index is 13.4. The Balaban J connectivity index is 1.90. The second-order valence-corrected chi connectivity index (χ2v) is 7.74. The summed E-state index contributed by atoms with van der Waals surface area (Å²) in [4.78, 5) is 15.2. The molecule has 0 unspecified atom stereocenters. The molecule has 0 spiro atoms. The lowest BCUT2D eigenvalue weighted by Gasteiger charge is -2.28. The third-order valence-electron chi connectivity index (χ3n) is 5.69. The van der Waals surface area contributed by atoms with Gasteiger partial charge in [-0.3, -0.25) is 4.79 Å². The Labute approximate surface area is 207 Å². The number of methoxy groups -OCH3 is 3. The van der Waals surface area contributed by atoms with E-state index < -0.39 is 0 Å². The van der Waals surface area contributed by atoms with Crippen molar-refractivity contribution in [3.8, 4) is 34.5 Å². The summed E-state index contributed by atoms with van der Waals surface area (Å²) in [6.45, 7) is 8.04. The van der Waals surface area contributed by atoms with Crippen LogP contribution in [0.1, 0.15) is 43.1 Å². The predicted octanol–water partition coefficient (Wildman–Crippen LogP) is 4.84. The Morgan fingerprint density at radius 2 is 1.37 bits per heavy atom. The van der Waals surface area contributed by atoms with Gasteiger partial charge in [0.05, 0.1) is 46.7 Å². The lowest BCUT2D eigenvalue weighted by atomic mass is 9.96. The van der Waals surface area contributed by atoms with Gasteiger partial charge in [-0.25, -0.2) is 0 Å². The van der Waals surface area contributed by atoms with Crippen molar-refractivity contribution >= 4 is 11.5 Å². The summed E-state index contributed by atoms with van der Waals surface area (Å²) in [5.41, 5.74) is 2.43. The number of hydrogen-bond acceptors (Lipinski definition) is 7. The number of nitrogens with zero attached hydrogens (tertiary/aromatic N) is 1. The van der Waals surface area contributed by atoms with Crippen molar-refractivity contribution < 1.29 is 33.2 Å². The predicted molar refractivity (Wildman–Crippen MR) is 135 cm³/mol. The molecule has 0 saturated heterocycles. The summed E-state index contributed by atoms with van der Waals surface area (Å²) in [6, 6.07) is 7.13. The highest BCUT2D eigenvalue weighted by atomic mass is 16.5. The Bertz CT molecular complexity index is 1010. The molecule has 3 rings (SSSR count). The minimum Gasteiger partial charge on any atom is -0.496 e. The van der Waals surface area contributed by atoms with Crippen molar-refractivity contribution in [1.29, 1.82) is 0 Å². The first-order valence-electron chi connectivity index (χ1n) is 11.9. The van der Waals surface area contributed by atoms with Crippen LogP contribution in [0.4, 0.5) is 0 Å². The average Bonchev–Trinajstić information content (AvgIpc) is 2.89. The van der Waals surface area contributed by atoms with Crippen molar-refractivity contribution in [3.63, 3.8) is 0 Å². The zero-order valence-electron chi connectivity index (χ0n) is 21.4. The number of carbonyl (C=O) groups excluding carboxylic acids is 1.